The molecule has 1 unspecified atom stereocenters. The van der Waals surface area contributed by atoms with Gasteiger partial charge in [-0.1, -0.05) is 30.3 Å². The molecule has 1 aliphatic rings. The van der Waals surface area contributed by atoms with E-state index in [4.69, 9.17) is 4.74 Å². The van der Waals surface area contributed by atoms with Crippen molar-refractivity contribution in [3.8, 4) is 0 Å². The Hall–Kier alpha value is -2.09. The molecule has 1 atom stereocenters. The minimum Gasteiger partial charge on any atom is -0.447 e. The summed E-state index contributed by atoms with van der Waals surface area (Å²) < 4.78 is 45.1. The van der Waals surface area contributed by atoms with Gasteiger partial charge < -0.3 is 9.47 Å². The van der Waals surface area contributed by atoms with E-state index in [2.05, 4.69) is 4.74 Å². The highest BCUT2D eigenvalue weighted by Crippen LogP contribution is 2.18. The predicted molar refractivity (Wildman–Crippen MR) is 69.0 cm³/mol. The van der Waals surface area contributed by atoms with E-state index in [0.717, 1.165) is 10.5 Å². The van der Waals surface area contributed by atoms with Crippen LogP contribution < -0.4 is 0 Å². The molecule has 22 heavy (non-hydrogen) atoms. The van der Waals surface area contributed by atoms with Crippen LogP contribution in [0.1, 0.15) is 5.56 Å². The lowest BCUT2D eigenvalue weighted by molar-refractivity contribution is -0.177. The summed E-state index contributed by atoms with van der Waals surface area (Å²) in [6.45, 7) is -2.34. The second-order valence-corrected chi connectivity index (χ2v) is 4.79. The lowest BCUT2D eigenvalue weighted by Crippen LogP contribution is -2.42. The molecule has 1 heterocycles. The number of amides is 2. The molecule has 1 aliphatic heterocycles. The van der Waals surface area contributed by atoms with Crippen LogP contribution in [0, 0.1) is 0 Å². The number of carbonyl (C=O) groups excluding carboxylic acids is 2. The Balaban J connectivity index is 1.94. The number of rotatable bonds is 5. The molecular formula is C14H14F3NO4. The van der Waals surface area contributed by atoms with Gasteiger partial charge in [0.25, 0.3) is 5.91 Å². The SMILES string of the molecule is O=C(COCC(F)(F)F)N1C(=O)OCC1Cc1ccccc1. The highest BCUT2D eigenvalue weighted by atomic mass is 19.4. The lowest BCUT2D eigenvalue weighted by Gasteiger charge is -2.19. The van der Waals surface area contributed by atoms with Gasteiger partial charge in [-0.05, 0) is 12.0 Å². The number of carbonyl (C=O) groups is 2. The van der Waals surface area contributed by atoms with Crippen LogP contribution in [0.15, 0.2) is 30.3 Å². The van der Waals surface area contributed by atoms with Gasteiger partial charge in [0.2, 0.25) is 0 Å². The first-order valence-electron chi connectivity index (χ1n) is 6.54. The third-order valence-electron chi connectivity index (χ3n) is 3.04. The van der Waals surface area contributed by atoms with Crippen molar-refractivity contribution in [2.45, 2.75) is 18.6 Å². The molecule has 2 amide bonds. The van der Waals surface area contributed by atoms with Gasteiger partial charge in [-0.3, -0.25) is 4.79 Å². The van der Waals surface area contributed by atoms with Crippen molar-refractivity contribution in [3.05, 3.63) is 35.9 Å². The monoisotopic (exact) mass is 317 g/mol. The number of ether oxygens (including phenoxy) is 2. The fourth-order valence-corrected chi connectivity index (χ4v) is 2.13. The number of nitrogens with zero attached hydrogens (tertiary/aromatic N) is 1. The third kappa shape index (κ3) is 4.45. The zero-order chi connectivity index (χ0) is 16.2. The smallest absolute Gasteiger partial charge is 0.417 e. The molecule has 5 nitrogen and oxygen atoms in total. The summed E-state index contributed by atoms with van der Waals surface area (Å²) in [6.07, 6.45) is -5.01. The summed E-state index contributed by atoms with van der Waals surface area (Å²) in [4.78, 5) is 24.3. The van der Waals surface area contributed by atoms with Gasteiger partial charge in [0.1, 0.15) is 19.8 Å². The average Bonchev–Trinajstić information content (AvgIpc) is 2.79. The van der Waals surface area contributed by atoms with Crippen LogP contribution in [0.25, 0.3) is 0 Å². The second-order valence-electron chi connectivity index (χ2n) is 4.79. The molecule has 0 saturated carbocycles. The lowest BCUT2D eigenvalue weighted by atomic mass is 10.1. The van der Waals surface area contributed by atoms with Gasteiger partial charge >= 0.3 is 12.3 Å². The van der Waals surface area contributed by atoms with E-state index in [1.165, 1.54) is 0 Å². The van der Waals surface area contributed by atoms with Crippen molar-refractivity contribution in [3.63, 3.8) is 0 Å². The minimum absolute atomic E-state index is 0.0126. The Bertz CT molecular complexity index is 533. The Morgan fingerprint density at radius 1 is 1.32 bits per heavy atom. The maximum absolute atomic E-state index is 12.0. The van der Waals surface area contributed by atoms with Crippen molar-refractivity contribution in [2.24, 2.45) is 0 Å². The minimum atomic E-state index is -4.52. The first-order valence-corrected chi connectivity index (χ1v) is 6.54. The van der Waals surface area contributed by atoms with Gasteiger partial charge in [0.15, 0.2) is 0 Å². The normalized spacial score (nSPS) is 18.4. The van der Waals surface area contributed by atoms with Gasteiger partial charge in [-0.25, -0.2) is 9.69 Å². The third-order valence-corrected chi connectivity index (χ3v) is 3.04. The van der Waals surface area contributed by atoms with Gasteiger partial charge in [-0.15, -0.1) is 0 Å². The van der Waals surface area contributed by atoms with E-state index < -0.39 is 37.4 Å². The molecule has 120 valence electrons. The first-order chi connectivity index (χ1) is 10.4. The Labute approximate surface area is 124 Å². The number of benzene rings is 1. The topological polar surface area (TPSA) is 55.8 Å². The van der Waals surface area contributed by atoms with Crippen LogP contribution in [0.2, 0.25) is 0 Å². The molecule has 0 bridgehead atoms. The molecule has 1 aromatic rings. The fraction of sp³-hybridized carbons (Fsp3) is 0.429. The van der Waals surface area contributed by atoms with Crippen LogP contribution >= 0.6 is 0 Å². The van der Waals surface area contributed by atoms with E-state index >= 15 is 0 Å². The van der Waals surface area contributed by atoms with Gasteiger partial charge in [-0.2, -0.15) is 13.2 Å². The van der Waals surface area contributed by atoms with Crippen LogP contribution in [-0.2, 0) is 20.7 Å². The van der Waals surface area contributed by atoms with Gasteiger partial charge in [0.05, 0.1) is 6.04 Å². The van der Waals surface area contributed by atoms with E-state index in [1.54, 1.807) is 0 Å². The van der Waals surface area contributed by atoms with Crippen molar-refractivity contribution >= 4 is 12.0 Å². The summed E-state index contributed by atoms with van der Waals surface area (Å²) in [5.74, 6) is -0.840. The molecule has 0 spiro atoms. The Kier molecular flexibility index (Phi) is 5.02. The zero-order valence-electron chi connectivity index (χ0n) is 11.5. The molecule has 8 heteroatoms. The number of alkyl halides is 3. The van der Waals surface area contributed by atoms with Crippen molar-refractivity contribution in [1.82, 2.24) is 4.90 Å². The average molecular weight is 317 g/mol. The Morgan fingerprint density at radius 3 is 2.64 bits per heavy atom. The molecule has 1 aromatic carbocycles. The highest BCUT2D eigenvalue weighted by Gasteiger charge is 2.38. The number of hydrogen-bond donors (Lipinski definition) is 0. The van der Waals surface area contributed by atoms with Crippen LogP contribution in [0.3, 0.4) is 0 Å². The van der Waals surface area contributed by atoms with E-state index in [9.17, 15) is 22.8 Å². The predicted octanol–water partition coefficient (Wildman–Crippen LogP) is 2.16. The second kappa shape index (κ2) is 6.78. The molecule has 2 rings (SSSR count). The quantitative estimate of drug-likeness (QED) is 0.835. The van der Waals surface area contributed by atoms with E-state index in [1.807, 2.05) is 30.3 Å². The number of hydrogen-bond acceptors (Lipinski definition) is 4. The summed E-state index contributed by atoms with van der Waals surface area (Å²) in [5, 5.41) is 0. The zero-order valence-corrected chi connectivity index (χ0v) is 11.5. The molecule has 0 aromatic heterocycles. The number of halogens is 3. The standard InChI is InChI=1S/C14H14F3NO4/c15-14(16,17)9-21-8-12(19)18-11(7-22-13(18)20)6-10-4-2-1-3-5-10/h1-5,11H,6-9H2. The molecule has 1 fully saturated rings. The van der Waals surface area contributed by atoms with Crippen molar-refractivity contribution in [1.29, 1.82) is 0 Å². The summed E-state index contributed by atoms with van der Waals surface area (Å²) in [5.41, 5.74) is 0.889. The Morgan fingerprint density at radius 2 is 2.00 bits per heavy atom. The van der Waals surface area contributed by atoms with Crippen LogP contribution in [-0.4, -0.2) is 48.9 Å². The summed E-state index contributed by atoms with van der Waals surface area (Å²) >= 11 is 0. The number of imide groups is 1. The fourth-order valence-electron chi connectivity index (χ4n) is 2.13. The van der Waals surface area contributed by atoms with E-state index in [-0.39, 0.29) is 6.61 Å². The van der Waals surface area contributed by atoms with Crippen LogP contribution in [0.5, 0.6) is 0 Å². The van der Waals surface area contributed by atoms with Crippen molar-refractivity contribution in [2.75, 3.05) is 19.8 Å². The number of cyclic esters (lactones) is 1. The molecular weight excluding hydrogens is 303 g/mol. The van der Waals surface area contributed by atoms with E-state index in [0.29, 0.717) is 6.42 Å². The molecule has 1 saturated heterocycles. The molecule has 0 N–H and O–H groups in total. The first kappa shape index (κ1) is 16.3. The molecule has 0 radical (unpaired) electrons. The largest absolute Gasteiger partial charge is 0.447 e. The maximum atomic E-state index is 12.0. The highest BCUT2D eigenvalue weighted by molar-refractivity contribution is 5.94. The summed E-state index contributed by atoms with van der Waals surface area (Å²) in [7, 11) is 0. The van der Waals surface area contributed by atoms with Crippen molar-refractivity contribution < 1.29 is 32.2 Å². The maximum Gasteiger partial charge on any atom is 0.417 e. The van der Waals surface area contributed by atoms with Gasteiger partial charge in [0, 0.05) is 0 Å². The summed E-state index contributed by atoms with van der Waals surface area (Å²) in [6, 6.07) is 8.55. The molecule has 0 aliphatic carbocycles. The van der Waals surface area contributed by atoms with Crippen LogP contribution in [0.4, 0.5) is 18.0 Å².